The highest BCUT2D eigenvalue weighted by molar-refractivity contribution is 6.89. The molecule has 162 valence electrons. The third-order valence-electron chi connectivity index (χ3n) is 6.12. The van der Waals surface area contributed by atoms with Gasteiger partial charge >= 0.3 is 0 Å². The lowest BCUT2D eigenvalue weighted by Crippen LogP contribution is -2.39. The third-order valence-corrected chi connectivity index (χ3v) is 8.15. The van der Waals surface area contributed by atoms with Gasteiger partial charge in [-0.15, -0.1) is 0 Å². The van der Waals surface area contributed by atoms with Crippen LogP contribution in [-0.4, -0.2) is 13.1 Å². The summed E-state index contributed by atoms with van der Waals surface area (Å²) in [6.45, 7) is 4.93. The zero-order chi connectivity index (χ0) is 25.5. The molecule has 0 atom stereocenters. The smallest absolute Gasteiger partial charge is 0.0784 e. The Bertz CT molecular complexity index is 1540. The standard InChI is InChI=1S/C31H29NSi/c1-22-15-16-25(19-27(22)23-11-7-5-8-12-23)29-18-17-26-20-31(33(2,3)4)28(21-30(26)32-29)24-13-9-6-10-14-24/h5-21H,1-4H3/i1D3. The van der Waals surface area contributed by atoms with E-state index in [0.29, 0.717) is 11.1 Å². The van der Waals surface area contributed by atoms with E-state index in [4.69, 9.17) is 9.10 Å². The maximum absolute atomic E-state index is 8.04. The van der Waals surface area contributed by atoms with E-state index in [1.807, 2.05) is 54.6 Å². The summed E-state index contributed by atoms with van der Waals surface area (Å²) in [4.78, 5) is 5.06. The van der Waals surface area contributed by atoms with Crippen LogP contribution < -0.4 is 5.19 Å². The van der Waals surface area contributed by atoms with Crippen molar-refractivity contribution < 1.29 is 4.11 Å². The van der Waals surface area contributed by atoms with Gasteiger partial charge in [-0.1, -0.05) is 110 Å². The second-order valence-corrected chi connectivity index (χ2v) is 14.6. The van der Waals surface area contributed by atoms with Crippen LogP contribution >= 0.6 is 0 Å². The molecule has 0 radical (unpaired) electrons. The van der Waals surface area contributed by atoms with Crippen LogP contribution in [0.3, 0.4) is 0 Å². The van der Waals surface area contributed by atoms with Crippen molar-refractivity contribution in [2.24, 2.45) is 0 Å². The summed E-state index contributed by atoms with van der Waals surface area (Å²) in [5.41, 5.74) is 7.08. The minimum atomic E-state index is -2.20. The first-order valence-corrected chi connectivity index (χ1v) is 14.8. The topological polar surface area (TPSA) is 12.9 Å². The second kappa shape index (κ2) is 8.46. The Balaban J connectivity index is 1.68. The molecule has 0 aliphatic carbocycles. The molecule has 0 fully saturated rings. The van der Waals surface area contributed by atoms with Gasteiger partial charge in [0.1, 0.15) is 0 Å². The first-order valence-electron chi connectivity index (χ1n) is 12.8. The van der Waals surface area contributed by atoms with Gasteiger partial charge in [-0.2, -0.15) is 0 Å². The average Bonchev–Trinajstić information content (AvgIpc) is 2.87. The monoisotopic (exact) mass is 446 g/mol. The van der Waals surface area contributed by atoms with Crippen molar-refractivity contribution in [3.8, 4) is 33.5 Å². The largest absolute Gasteiger partial charge is 0.248 e. The molecule has 1 aromatic heterocycles. The van der Waals surface area contributed by atoms with Crippen LogP contribution in [0.1, 0.15) is 9.68 Å². The summed E-state index contributed by atoms with van der Waals surface area (Å²) < 4.78 is 24.1. The molecule has 5 aromatic rings. The zero-order valence-corrected chi connectivity index (χ0v) is 20.3. The minimum Gasteiger partial charge on any atom is -0.248 e. The molecule has 0 saturated heterocycles. The Labute approximate surface area is 202 Å². The van der Waals surface area contributed by atoms with Crippen molar-refractivity contribution in [3.05, 3.63) is 109 Å². The molecule has 0 aliphatic rings. The number of rotatable bonds is 4. The Morgan fingerprint density at radius 1 is 0.636 bits per heavy atom. The summed E-state index contributed by atoms with van der Waals surface area (Å²) in [7, 11) is -1.61. The number of hydrogen-bond donors (Lipinski definition) is 0. The van der Waals surface area contributed by atoms with Gasteiger partial charge in [0.25, 0.3) is 0 Å². The van der Waals surface area contributed by atoms with Gasteiger partial charge in [-0.25, -0.2) is 4.98 Å². The number of aryl methyl sites for hydroxylation is 1. The Hall–Kier alpha value is -3.49. The van der Waals surface area contributed by atoms with E-state index in [2.05, 4.69) is 62.1 Å². The van der Waals surface area contributed by atoms with Crippen molar-refractivity contribution >= 4 is 24.2 Å². The predicted octanol–water partition coefficient (Wildman–Crippen LogP) is 8.09. The molecule has 1 heterocycles. The van der Waals surface area contributed by atoms with Gasteiger partial charge in [-0.05, 0) is 52.9 Å². The maximum atomic E-state index is 8.04. The number of pyridine rings is 1. The van der Waals surface area contributed by atoms with Gasteiger partial charge in [-0.3, -0.25) is 0 Å². The summed E-state index contributed by atoms with van der Waals surface area (Å²) >= 11 is 0. The molecular weight excluding hydrogens is 414 g/mol. The van der Waals surface area contributed by atoms with Crippen molar-refractivity contribution in [3.63, 3.8) is 0 Å². The molecule has 2 heteroatoms. The minimum absolute atomic E-state index is 0.351. The van der Waals surface area contributed by atoms with Gasteiger partial charge in [0.15, 0.2) is 0 Å². The van der Waals surface area contributed by atoms with Crippen LogP contribution in [0.2, 0.25) is 19.6 Å². The molecule has 33 heavy (non-hydrogen) atoms. The lowest BCUT2D eigenvalue weighted by Gasteiger charge is -2.22. The predicted molar refractivity (Wildman–Crippen MR) is 146 cm³/mol. The van der Waals surface area contributed by atoms with Crippen LogP contribution in [0, 0.1) is 6.85 Å². The molecule has 0 spiro atoms. The molecule has 0 unspecified atom stereocenters. The van der Waals surface area contributed by atoms with E-state index in [-0.39, 0.29) is 0 Å². The molecule has 0 saturated carbocycles. The highest BCUT2D eigenvalue weighted by atomic mass is 28.3. The van der Waals surface area contributed by atoms with Crippen LogP contribution in [0.15, 0.2) is 103 Å². The quantitative estimate of drug-likeness (QED) is 0.254. The lowest BCUT2D eigenvalue weighted by atomic mass is 9.96. The van der Waals surface area contributed by atoms with Crippen LogP contribution in [0.5, 0.6) is 0 Å². The van der Waals surface area contributed by atoms with E-state index >= 15 is 0 Å². The van der Waals surface area contributed by atoms with Gasteiger partial charge < -0.3 is 0 Å². The average molecular weight is 447 g/mol. The van der Waals surface area contributed by atoms with E-state index in [1.54, 1.807) is 6.07 Å². The fourth-order valence-electron chi connectivity index (χ4n) is 4.37. The maximum Gasteiger partial charge on any atom is 0.0784 e. The molecule has 0 bridgehead atoms. The van der Waals surface area contributed by atoms with Crippen LogP contribution in [0.4, 0.5) is 0 Å². The molecule has 4 aromatic carbocycles. The first-order chi connectivity index (χ1) is 17.1. The molecule has 0 amide bonds. The Morgan fingerprint density at radius 3 is 1.94 bits per heavy atom. The van der Waals surface area contributed by atoms with Crippen molar-refractivity contribution in [1.82, 2.24) is 4.98 Å². The molecule has 1 nitrogen and oxygen atoms in total. The molecule has 0 N–H and O–H groups in total. The second-order valence-electron chi connectivity index (χ2n) is 9.53. The summed E-state index contributed by atoms with van der Waals surface area (Å²) in [6.07, 6.45) is 0. The first kappa shape index (κ1) is 18.0. The number of hydrogen-bond acceptors (Lipinski definition) is 1. The zero-order valence-electron chi connectivity index (χ0n) is 22.3. The molecule has 5 rings (SSSR count). The Morgan fingerprint density at radius 2 is 1.30 bits per heavy atom. The number of nitrogens with zero attached hydrogens (tertiary/aromatic N) is 1. The van der Waals surface area contributed by atoms with Gasteiger partial charge in [0, 0.05) is 15.1 Å². The van der Waals surface area contributed by atoms with Gasteiger partial charge in [0.05, 0.1) is 19.3 Å². The summed E-state index contributed by atoms with van der Waals surface area (Å²) in [5, 5.41) is 2.54. The lowest BCUT2D eigenvalue weighted by molar-refractivity contribution is 1.38. The normalized spacial score (nSPS) is 13.4. The van der Waals surface area contributed by atoms with E-state index in [1.165, 1.54) is 16.3 Å². The van der Waals surface area contributed by atoms with E-state index < -0.39 is 14.9 Å². The highest BCUT2D eigenvalue weighted by Gasteiger charge is 2.22. The third kappa shape index (κ3) is 4.27. The summed E-state index contributed by atoms with van der Waals surface area (Å²) in [5.74, 6) is 0. The van der Waals surface area contributed by atoms with Crippen molar-refractivity contribution in [2.45, 2.75) is 26.5 Å². The fourth-order valence-corrected chi connectivity index (χ4v) is 5.98. The number of benzene rings is 4. The van der Waals surface area contributed by atoms with E-state index in [9.17, 15) is 0 Å². The number of fused-ring (bicyclic) bond motifs is 1. The molecule has 0 aliphatic heterocycles. The van der Waals surface area contributed by atoms with Crippen LogP contribution in [-0.2, 0) is 0 Å². The number of aromatic nitrogens is 1. The van der Waals surface area contributed by atoms with E-state index in [0.717, 1.165) is 27.7 Å². The molecular formula is C31H29NSi. The van der Waals surface area contributed by atoms with Crippen LogP contribution in [0.25, 0.3) is 44.4 Å². The van der Waals surface area contributed by atoms with Gasteiger partial charge in [0.2, 0.25) is 0 Å². The van der Waals surface area contributed by atoms with Crippen molar-refractivity contribution in [2.75, 3.05) is 0 Å². The fraction of sp³-hybridized carbons (Fsp3) is 0.129. The SMILES string of the molecule is [2H]C([2H])([2H])c1ccc(-c2ccc3cc([Si](C)(C)C)c(-c4ccccc4)cc3n2)cc1-c1ccccc1. The summed E-state index contributed by atoms with van der Waals surface area (Å²) in [6, 6.07) is 34.5. The highest BCUT2D eigenvalue weighted by Crippen LogP contribution is 2.31. The Kier molecular flexibility index (Phi) is 4.61. The van der Waals surface area contributed by atoms with Crippen molar-refractivity contribution in [1.29, 1.82) is 0 Å².